The summed E-state index contributed by atoms with van der Waals surface area (Å²) in [4.78, 5) is 29.4. The minimum absolute atomic E-state index is 0.0561. The number of benzene rings is 1. The van der Waals surface area contributed by atoms with Crippen molar-refractivity contribution in [3.63, 3.8) is 0 Å². The lowest BCUT2D eigenvalue weighted by atomic mass is 9.94. The van der Waals surface area contributed by atoms with Crippen LogP contribution in [-0.4, -0.2) is 45.4 Å². The van der Waals surface area contributed by atoms with Crippen molar-refractivity contribution in [3.05, 3.63) is 40.4 Å². The Bertz CT molecular complexity index is 1030. The molecule has 0 radical (unpaired) electrons. The van der Waals surface area contributed by atoms with Crippen molar-refractivity contribution >= 4 is 34.6 Å². The molecule has 0 aliphatic carbocycles. The normalized spacial score (nSPS) is 17.9. The average molecular weight is 400 g/mol. The number of carbonyl (C=O) groups excluding carboxylic acids is 1. The summed E-state index contributed by atoms with van der Waals surface area (Å²) in [6.45, 7) is 4.88. The van der Waals surface area contributed by atoms with E-state index in [1.54, 1.807) is 6.07 Å². The molecule has 0 atom stereocenters. The number of halogens is 1. The van der Waals surface area contributed by atoms with Gasteiger partial charge in [-0.1, -0.05) is 11.6 Å². The summed E-state index contributed by atoms with van der Waals surface area (Å²) in [5.74, 6) is 1.23. The number of aryl methyl sites for hydroxylation is 1. The van der Waals surface area contributed by atoms with Crippen molar-refractivity contribution in [3.8, 4) is 0 Å². The van der Waals surface area contributed by atoms with Gasteiger partial charge in [-0.3, -0.25) is 4.79 Å². The number of amides is 1. The van der Waals surface area contributed by atoms with Crippen LogP contribution in [0, 0.1) is 12.8 Å². The van der Waals surface area contributed by atoms with E-state index >= 15 is 0 Å². The lowest BCUT2D eigenvalue weighted by Crippen LogP contribution is -2.44. The summed E-state index contributed by atoms with van der Waals surface area (Å²) in [6.07, 6.45) is 2.45. The molecule has 0 spiro atoms. The number of piperidine rings is 1. The summed E-state index contributed by atoms with van der Waals surface area (Å²) in [6, 6.07) is 6.07. The molecule has 146 valence electrons. The first-order valence-corrected chi connectivity index (χ1v) is 10.1. The average Bonchev–Trinajstić information content (AvgIpc) is 3.28. The van der Waals surface area contributed by atoms with Gasteiger partial charge < -0.3 is 19.2 Å². The third-order valence-corrected chi connectivity index (χ3v) is 5.95. The molecular formula is C20H22ClN5O2. The maximum absolute atomic E-state index is 13.0. The van der Waals surface area contributed by atoms with Gasteiger partial charge in [-0.15, -0.1) is 0 Å². The van der Waals surface area contributed by atoms with E-state index in [1.807, 2.05) is 24.0 Å². The molecule has 0 saturated carbocycles. The van der Waals surface area contributed by atoms with E-state index in [0.717, 1.165) is 61.6 Å². The molecule has 1 saturated heterocycles. The van der Waals surface area contributed by atoms with E-state index in [2.05, 4.69) is 19.9 Å². The van der Waals surface area contributed by atoms with Gasteiger partial charge in [0, 0.05) is 43.1 Å². The number of aromatic nitrogens is 3. The monoisotopic (exact) mass is 399 g/mol. The highest BCUT2D eigenvalue weighted by Gasteiger charge is 2.32. The van der Waals surface area contributed by atoms with Crippen LogP contribution in [0.2, 0.25) is 5.02 Å². The Morgan fingerprint density at radius 1 is 1.25 bits per heavy atom. The molecule has 2 aliphatic heterocycles. The summed E-state index contributed by atoms with van der Waals surface area (Å²) in [7, 11) is 0. The molecule has 1 aromatic carbocycles. The Balaban J connectivity index is 1.23. The van der Waals surface area contributed by atoms with Crippen molar-refractivity contribution < 1.29 is 9.21 Å². The maximum Gasteiger partial charge on any atom is 0.298 e. The number of fused-ring (bicyclic) bond motifs is 2. The van der Waals surface area contributed by atoms with E-state index in [1.165, 1.54) is 0 Å². The number of imidazole rings is 1. The van der Waals surface area contributed by atoms with Gasteiger partial charge in [0.2, 0.25) is 5.91 Å². The number of oxazole rings is 1. The number of rotatable bonds is 2. The second-order valence-corrected chi connectivity index (χ2v) is 8.06. The molecule has 8 heteroatoms. The van der Waals surface area contributed by atoms with Crippen molar-refractivity contribution in [2.24, 2.45) is 5.92 Å². The van der Waals surface area contributed by atoms with Crippen molar-refractivity contribution in [1.82, 2.24) is 19.9 Å². The van der Waals surface area contributed by atoms with Crippen LogP contribution in [0.25, 0.3) is 11.1 Å². The number of carbonyl (C=O) groups is 1. The molecule has 1 amide bonds. The third kappa shape index (κ3) is 3.13. The standard InChI is InChI=1S/C20H22ClN5O2/c1-12-22-15-6-9-26(11-17(15)23-12)19(27)13-4-7-25(8-5-13)20-24-16-3-2-14(21)10-18(16)28-20/h2-3,10,13H,4-9,11H2,1H3,(H,22,23). The summed E-state index contributed by atoms with van der Waals surface area (Å²) >= 11 is 6.02. The molecule has 2 aliphatic rings. The van der Waals surface area contributed by atoms with Gasteiger partial charge in [-0.2, -0.15) is 4.98 Å². The molecule has 7 nitrogen and oxygen atoms in total. The quantitative estimate of drug-likeness (QED) is 0.715. The van der Waals surface area contributed by atoms with Crippen LogP contribution in [0.4, 0.5) is 6.01 Å². The number of hydrogen-bond donors (Lipinski definition) is 1. The number of hydrogen-bond acceptors (Lipinski definition) is 5. The Hall–Kier alpha value is -2.54. The van der Waals surface area contributed by atoms with E-state index in [0.29, 0.717) is 23.2 Å². The van der Waals surface area contributed by atoms with Gasteiger partial charge in [0.05, 0.1) is 17.9 Å². The van der Waals surface area contributed by atoms with Crippen LogP contribution >= 0.6 is 11.6 Å². The highest BCUT2D eigenvalue weighted by Crippen LogP contribution is 2.29. The van der Waals surface area contributed by atoms with E-state index in [4.69, 9.17) is 16.0 Å². The van der Waals surface area contributed by atoms with Gasteiger partial charge >= 0.3 is 0 Å². The summed E-state index contributed by atoms with van der Waals surface area (Å²) in [5, 5.41) is 0.636. The van der Waals surface area contributed by atoms with E-state index in [-0.39, 0.29) is 11.8 Å². The lowest BCUT2D eigenvalue weighted by Gasteiger charge is -2.34. The number of H-pyrrole nitrogens is 1. The molecule has 0 bridgehead atoms. The Kier molecular flexibility index (Phi) is 4.27. The van der Waals surface area contributed by atoms with Gasteiger partial charge in [-0.05, 0) is 31.9 Å². The molecule has 5 rings (SSSR count). The van der Waals surface area contributed by atoms with E-state index in [9.17, 15) is 4.79 Å². The predicted octanol–water partition coefficient (Wildman–Crippen LogP) is 3.31. The number of aromatic amines is 1. The first kappa shape index (κ1) is 17.6. The van der Waals surface area contributed by atoms with Crippen LogP contribution in [0.15, 0.2) is 22.6 Å². The van der Waals surface area contributed by atoms with E-state index < -0.39 is 0 Å². The Morgan fingerprint density at radius 2 is 2.07 bits per heavy atom. The van der Waals surface area contributed by atoms with Crippen molar-refractivity contribution in [1.29, 1.82) is 0 Å². The maximum atomic E-state index is 13.0. The van der Waals surface area contributed by atoms with Gasteiger partial charge in [0.15, 0.2) is 5.58 Å². The molecule has 2 aromatic heterocycles. The molecule has 28 heavy (non-hydrogen) atoms. The minimum Gasteiger partial charge on any atom is -0.423 e. The smallest absolute Gasteiger partial charge is 0.298 e. The first-order valence-electron chi connectivity index (χ1n) is 9.71. The third-order valence-electron chi connectivity index (χ3n) is 5.72. The first-order chi connectivity index (χ1) is 13.6. The van der Waals surface area contributed by atoms with Crippen LogP contribution < -0.4 is 4.90 Å². The lowest BCUT2D eigenvalue weighted by molar-refractivity contribution is -0.137. The zero-order valence-corrected chi connectivity index (χ0v) is 16.5. The van der Waals surface area contributed by atoms with Crippen molar-refractivity contribution in [2.45, 2.75) is 32.7 Å². The number of nitrogens with zero attached hydrogens (tertiary/aromatic N) is 4. The topological polar surface area (TPSA) is 78.3 Å². The second kappa shape index (κ2) is 6.81. The second-order valence-electron chi connectivity index (χ2n) is 7.63. The van der Waals surface area contributed by atoms with Crippen LogP contribution in [0.3, 0.4) is 0 Å². The van der Waals surface area contributed by atoms with Crippen molar-refractivity contribution in [2.75, 3.05) is 24.5 Å². The molecule has 1 fully saturated rings. The van der Waals surface area contributed by atoms with Crippen LogP contribution in [0.1, 0.15) is 30.1 Å². The fourth-order valence-corrected chi connectivity index (χ4v) is 4.38. The summed E-state index contributed by atoms with van der Waals surface area (Å²) in [5.41, 5.74) is 3.68. The molecular weight excluding hydrogens is 378 g/mol. The zero-order valence-electron chi connectivity index (χ0n) is 15.7. The fourth-order valence-electron chi connectivity index (χ4n) is 4.22. The fraction of sp³-hybridized carbons (Fsp3) is 0.450. The minimum atomic E-state index is 0.0561. The van der Waals surface area contributed by atoms with Crippen LogP contribution in [-0.2, 0) is 17.8 Å². The molecule has 4 heterocycles. The van der Waals surface area contributed by atoms with Gasteiger partial charge in [0.1, 0.15) is 11.3 Å². The predicted molar refractivity (Wildman–Crippen MR) is 106 cm³/mol. The number of nitrogens with one attached hydrogen (secondary N) is 1. The molecule has 1 N–H and O–H groups in total. The Labute approximate surface area is 167 Å². The summed E-state index contributed by atoms with van der Waals surface area (Å²) < 4.78 is 5.87. The zero-order chi connectivity index (χ0) is 19.3. The SMILES string of the molecule is Cc1nc2c([nH]1)CN(C(=O)C1CCN(c3nc4ccc(Cl)cc4o3)CC1)CC2. The molecule has 3 aromatic rings. The highest BCUT2D eigenvalue weighted by molar-refractivity contribution is 6.31. The Morgan fingerprint density at radius 3 is 2.89 bits per heavy atom. The molecule has 0 unspecified atom stereocenters. The van der Waals surface area contributed by atoms with Gasteiger partial charge in [0.25, 0.3) is 6.01 Å². The van der Waals surface area contributed by atoms with Gasteiger partial charge in [-0.25, -0.2) is 4.98 Å². The largest absolute Gasteiger partial charge is 0.423 e. The van der Waals surface area contributed by atoms with Crippen LogP contribution in [0.5, 0.6) is 0 Å². The number of anilines is 1. The highest BCUT2D eigenvalue weighted by atomic mass is 35.5.